The zero-order chi connectivity index (χ0) is 26.3. The van der Waals surface area contributed by atoms with Crippen LogP contribution >= 0.6 is 0 Å². The molecule has 0 spiro atoms. The number of aromatic nitrogens is 7. The second-order valence-corrected chi connectivity index (χ2v) is 9.55. The van der Waals surface area contributed by atoms with Crippen molar-refractivity contribution in [1.82, 2.24) is 39.8 Å². The van der Waals surface area contributed by atoms with E-state index in [9.17, 15) is 4.79 Å². The van der Waals surface area contributed by atoms with Crippen molar-refractivity contribution in [3.05, 3.63) is 66.2 Å². The van der Waals surface area contributed by atoms with Gasteiger partial charge in [-0.15, -0.1) is 0 Å². The lowest BCUT2D eigenvalue weighted by molar-refractivity contribution is 0.0906. The summed E-state index contributed by atoms with van der Waals surface area (Å²) in [6, 6.07) is 5.15. The standard InChI is InChI=1S/C25H25FN8O3/c1-25(2,3)24-31-23(37-32-24)22(35)27-9-14-6-7-17(19(26)21(14)36-5)20-18-8-15(12-34(18)30-13-28-20)16-10-29-33(4)11-16/h6-8,10-13H,9H2,1-5H3,(H,27,35). The summed E-state index contributed by atoms with van der Waals surface area (Å²) < 4.78 is 29.5. The summed E-state index contributed by atoms with van der Waals surface area (Å²) in [5.74, 6) is -0.926. The highest BCUT2D eigenvalue weighted by Crippen LogP contribution is 2.34. The molecule has 0 bridgehead atoms. The zero-order valence-electron chi connectivity index (χ0n) is 21.0. The summed E-state index contributed by atoms with van der Waals surface area (Å²) >= 11 is 0. The third-order valence-electron chi connectivity index (χ3n) is 5.81. The summed E-state index contributed by atoms with van der Waals surface area (Å²) in [5, 5.41) is 15.0. The van der Waals surface area contributed by atoms with Gasteiger partial charge in [0.25, 0.3) is 0 Å². The number of carbonyl (C=O) groups is 1. The van der Waals surface area contributed by atoms with Gasteiger partial charge in [-0.2, -0.15) is 15.2 Å². The van der Waals surface area contributed by atoms with Gasteiger partial charge in [0.15, 0.2) is 17.4 Å². The van der Waals surface area contributed by atoms with Gasteiger partial charge in [-0.05, 0) is 12.1 Å². The van der Waals surface area contributed by atoms with Gasteiger partial charge in [0.05, 0.1) is 18.8 Å². The first-order valence-electron chi connectivity index (χ1n) is 11.5. The monoisotopic (exact) mass is 504 g/mol. The van der Waals surface area contributed by atoms with E-state index in [0.29, 0.717) is 22.6 Å². The molecule has 0 radical (unpaired) electrons. The largest absolute Gasteiger partial charge is 0.493 e. The number of benzene rings is 1. The van der Waals surface area contributed by atoms with Crippen molar-refractivity contribution in [2.45, 2.75) is 32.7 Å². The van der Waals surface area contributed by atoms with Crippen LogP contribution in [0.5, 0.6) is 5.75 Å². The molecule has 0 fully saturated rings. The average Bonchev–Trinajstić information content (AvgIpc) is 3.61. The Morgan fingerprint density at radius 2 is 2.00 bits per heavy atom. The van der Waals surface area contributed by atoms with E-state index in [2.05, 4.69) is 30.6 Å². The molecule has 4 aromatic heterocycles. The number of rotatable bonds is 6. The first-order chi connectivity index (χ1) is 17.7. The molecule has 0 unspecified atom stereocenters. The molecule has 4 heterocycles. The third kappa shape index (κ3) is 4.53. The number of nitrogens with zero attached hydrogens (tertiary/aromatic N) is 7. The van der Waals surface area contributed by atoms with E-state index >= 15 is 4.39 Å². The van der Waals surface area contributed by atoms with Crippen LogP contribution in [0.4, 0.5) is 4.39 Å². The summed E-state index contributed by atoms with van der Waals surface area (Å²) in [4.78, 5) is 21.0. The number of fused-ring (bicyclic) bond motifs is 1. The lowest BCUT2D eigenvalue weighted by atomic mass is 9.96. The molecule has 0 aliphatic heterocycles. The Labute approximate surface area is 211 Å². The molecule has 0 atom stereocenters. The molecule has 0 saturated heterocycles. The molecule has 0 aliphatic carbocycles. The van der Waals surface area contributed by atoms with E-state index in [0.717, 1.165) is 11.1 Å². The average molecular weight is 505 g/mol. The molecule has 1 N–H and O–H groups in total. The van der Waals surface area contributed by atoms with Crippen molar-refractivity contribution in [2.24, 2.45) is 7.05 Å². The van der Waals surface area contributed by atoms with Gasteiger partial charge in [0.1, 0.15) is 12.0 Å². The number of amides is 1. The molecule has 190 valence electrons. The van der Waals surface area contributed by atoms with Gasteiger partial charge in [-0.3, -0.25) is 9.48 Å². The molecule has 5 aromatic rings. The number of ether oxygens (including phenoxy) is 1. The third-order valence-corrected chi connectivity index (χ3v) is 5.81. The van der Waals surface area contributed by atoms with Crippen molar-refractivity contribution in [1.29, 1.82) is 0 Å². The van der Waals surface area contributed by atoms with Crippen LogP contribution in [0.15, 0.2) is 47.6 Å². The van der Waals surface area contributed by atoms with E-state index in [4.69, 9.17) is 9.26 Å². The number of methoxy groups -OCH3 is 1. The smallest absolute Gasteiger partial charge is 0.315 e. The van der Waals surface area contributed by atoms with Crippen molar-refractivity contribution in [3.8, 4) is 28.1 Å². The van der Waals surface area contributed by atoms with Crippen LogP contribution in [-0.2, 0) is 19.0 Å². The zero-order valence-corrected chi connectivity index (χ0v) is 21.0. The molecule has 12 heteroatoms. The van der Waals surface area contributed by atoms with Gasteiger partial charge in [0.2, 0.25) is 0 Å². The van der Waals surface area contributed by atoms with E-state index in [-0.39, 0.29) is 29.2 Å². The Morgan fingerprint density at radius 1 is 1.19 bits per heavy atom. The fraction of sp³-hybridized carbons (Fsp3) is 0.280. The quantitative estimate of drug-likeness (QED) is 0.372. The van der Waals surface area contributed by atoms with Crippen LogP contribution in [0.3, 0.4) is 0 Å². The van der Waals surface area contributed by atoms with Gasteiger partial charge in [0, 0.05) is 53.7 Å². The van der Waals surface area contributed by atoms with Crippen molar-refractivity contribution in [2.75, 3.05) is 7.11 Å². The maximum atomic E-state index is 15.7. The molecular weight excluding hydrogens is 479 g/mol. The maximum Gasteiger partial charge on any atom is 0.315 e. The fourth-order valence-corrected chi connectivity index (χ4v) is 3.88. The van der Waals surface area contributed by atoms with E-state index in [1.165, 1.54) is 13.4 Å². The Kier molecular flexibility index (Phi) is 5.94. The Bertz CT molecular complexity index is 1610. The van der Waals surface area contributed by atoms with Gasteiger partial charge >= 0.3 is 11.8 Å². The van der Waals surface area contributed by atoms with Gasteiger partial charge < -0.3 is 14.6 Å². The molecule has 0 saturated carbocycles. The Hall–Kier alpha value is -4.61. The highest BCUT2D eigenvalue weighted by atomic mass is 19.1. The molecule has 0 aliphatic rings. The summed E-state index contributed by atoms with van der Waals surface area (Å²) in [6.45, 7) is 5.72. The Balaban J connectivity index is 1.43. The second kappa shape index (κ2) is 9.12. The van der Waals surface area contributed by atoms with Gasteiger partial charge in [-0.25, -0.2) is 13.9 Å². The predicted molar refractivity (Wildman–Crippen MR) is 131 cm³/mol. The summed E-state index contributed by atoms with van der Waals surface area (Å²) in [5.41, 5.74) is 3.10. The predicted octanol–water partition coefficient (Wildman–Crippen LogP) is 3.56. The minimum Gasteiger partial charge on any atom is -0.493 e. The van der Waals surface area contributed by atoms with E-state index in [1.54, 1.807) is 27.5 Å². The SMILES string of the molecule is COc1c(CNC(=O)c2nc(C(C)(C)C)no2)ccc(-c2ncnn3cc(-c4cnn(C)c4)cc23)c1F. The van der Waals surface area contributed by atoms with Crippen LogP contribution in [0, 0.1) is 5.82 Å². The molecule has 11 nitrogen and oxygen atoms in total. The summed E-state index contributed by atoms with van der Waals surface area (Å²) in [6.07, 6.45) is 6.82. The maximum absolute atomic E-state index is 15.7. The molecular formula is C25H25FN8O3. The van der Waals surface area contributed by atoms with Crippen molar-refractivity contribution in [3.63, 3.8) is 0 Å². The minimum absolute atomic E-state index is 0.00508. The molecule has 5 rings (SSSR count). The lowest BCUT2D eigenvalue weighted by Gasteiger charge is -2.13. The first-order valence-corrected chi connectivity index (χ1v) is 11.5. The molecule has 1 aromatic carbocycles. The summed E-state index contributed by atoms with van der Waals surface area (Å²) in [7, 11) is 3.20. The van der Waals surface area contributed by atoms with Gasteiger partial charge in [-0.1, -0.05) is 32.0 Å². The minimum atomic E-state index is -0.605. The Morgan fingerprint density at radius 3 is 2.68 bits per heavy atom. The number of carbonyl (C=O) groups excluding carboxylic acids is 1. The molecule has 1 amide bonds. The highest BCUT2D eigenvalue weighted by Gasteiger charge is 2.24. The fourth-order valence-electron chi connectivity index (χ4n) is 3.88. The number of hydrogen-bond acceptors (Lipinski definition) is 8. The van der Waals surface area contributed by atoms with E-state index < -0.39 is 11.7 Å². The molecule has 37 heavy (non-hydrogen) atoms. The number of hydrogen-bond donors (Lipinski definition) is 1. The second-order valence-electron chi connectivity index (χ2n) is 9.55. The van der Waals surface area contributed by atoms with Crippen LogP contribution < -0.4 is 10.1 Å². The lowest BCUT2D eigenvalue weighted by Crippen LogP contribution is -2.24. The number of halogens is 1. The topological polar surface area (TPSA) is 125 Å². The van der Waals surface area contributed by atoms with Crippen LogP contribution in [-0.4, -0.2) is 47.5 Å². The first kappa shape index (κ1) is 24.1. The van der Waals surface area contributed by atoms with Crippen LogP contribution in [0.1, 0.15) is 42.8 Å². The highest BCUT2D eigenvalue weighted by molar-refractivity contribution is 5.89. The number of nitrogens with one attached hydrogen (secondary N) is 1. The van der Waals surface area contributed by atoms with Crippen LogP contribution in [0.25, 0.3) is 27.9 Å². The van der Waals surface area contributed by atoms with E-state index in [1.807, 2.05) is 46.3 Å². The van der Waals surface area contributed by atoms with Crippen molar-refractivity contribution >= 4 is 11.4 Å². The van der Waals surface area contributed by atoms with Crippen molar-refractivity contribution < 1.29 is 18.4 Å². The van der Waals surface area contributed by atoms with Crippen LogP contribution in [0.2, 0.25) is 0 Å². The number of aryl methyl sites for hydroxylation is 1. The normalized spacial score (nSPS) is 11.7.